The third-order valence-electron chi connectivity index (χ3n) is 5.63. The highest BCUT2D eigenvalue weighted by atomic mass is 32.1. The van der Waals surface area contributed by atoms with Crippen LogP contribution in [0.2, 0.25) is 0 Å². The van der Waals surface area contributed by atoms with E-state index in [1.54, 1.807) is 22.4 Å². The van der Waals surface area contributed by atoms with Crippen molar-refractivity contribution in [3.63, 3.8) is 0 Å². The van der Waals surface area contributed by atoms with Crippen LogP contribution in [-0.2, 0) is 25.7 Å². The molecule has 3 aromatic rings. The second-order valence-corrected chi connectivity index (χ2v) is 8.92. The van der Waals surface area contributed by atoms with Crippen LogP contribution in [0.1, 0.15) is 46.9 Å². The second-order valence-electron chi connectivity index (χ2n) is 8.08. The van der Waals surface area contributed by atoms with Gasteiger partial charge in [-0.05, 0) is 55.3 Å². The Morgan fingerprint density at radius 3 is 2.57 bits per heavy atom. The zero-order chi connectivity index (χ0) is 25.1. The number of rotatable bonds is 6. The molecule has 0 unspecified atom stereocenters. The maximum Gasteiger partial charge on any atom is 0.338 e. The predicted octanol–water partition coefficient (Wildman–Crippen LogP) is 3.96. The number of nitrogens with zero attached hydrogens (tertiary/aromatic N) is 3. The molecule has 1 N–H and O–H groups in total. The van der Waals surface area contributed by atoms with Gasteiger partial charge in [-0.2, -0.15) is 0 Å². The fourth-order valence-electron chi connectivity index (χ4n) is 3.60. The highest BCUT2D eigenvalue weighted by Gasteiger charge is 2.25. The number of carbonyl (C=O) groups excluding carboxylic acids is 4. The van der Waals surface area contributed by atoms with Gasteiger partial charge in [-0.1, -0.05) is 12.1 Å². The number of benzene rings is 2. The molecule has 3 amide bonds. The third kappa shape index (κ3) is 5.22. The molecule has 4 rings (SSSR count). The van der Waals surface area contributed by atoms with Crippen LogP contribution in [0, 0.1) is 13.8 Å². The molecule has 1 aliphatic rings. The summed E-state index contributed by atoms with van der Waals surface area (Å²) in [7, 11) is 0. The molecule has 0 spiro atoms. The number of thiazole rings is 1. The average molecular weight is 493 g/mol. The first kappa shape index (κ1) is 24.1. The first-order chi connectivity index (χ1) is 16.7. The van der Waals surface area contributed by atoms with E-state index in [4.69, 9.17) is 4.74 Å². The van der Waals surface area contributed by atoms with Crippen LogP contribution in [0.4, 0.5) is 16.5 Å². The Morgan fingerprint density at radius 1 is 1.11 bits per heavy atom. The normalized spacial score (nSPS) is 13.4. The molecule has 180 valence electrons. The van der Waals surface area contributed by atoms with Gasteiger partial charge < -0.3 is 4.74 Å². The van der Waals surface area contributed by atoms with Crippen molar-refractivity contribution in [2.75, 3.05) is 9.91 Å². The van der Waals surface area contributed by atoms with Gasteiger partial charge in [-0.15, -0.1) is 11.3 Å². The van der Waals surface area contributed by atoms with Gasteiger partial charge in [-0.25, -0.2) is 14.8 Å². The minimum Gasteiger partial charge on any atom is -0.456 e. The lowest BCUT2D eigenvalue weighted by Crippen LogP contribution is -2.50. The molecular weight excluding hydrogens is 468 g/mol. The van der Waals surface area contributed by atoms with Crippen molar-refractivity contribution in [3.8, 4) is 0 Å². The quantitative estimate of drug-likeness (QED) is 0.522. The Morgan fingerprint density at radius 2 is 1.86 bits per heavy atom. The fourth-order valence-corrected chi connectivity index (χ4v) is 4.47. The lowest BCUT2D eigenvalue weighted by atomic mass is 10.1. The molecule has 10 heteroatoms. The van der Waals surface area contributed by atoms with Crippen molar-refractivity contribution in [2.45, 2.75) is 40.2 Å². The van der Waals surface area contributed by atoms with Gasteiger partial charge in [0.05, 0.1) is 22.6 Å². The number of ether oxygens (including phenoxy) is 1. The zero-order valence-electron chi connectivity index (χ0n) is 19.5. The molecule has 0 saturated carbocycles. The molecule has 35 heavy (non-hydrogen) atoms. The number of esters is 1. The molecule has 9 nitrogen and oxygen atoms in total. The van der Waals surface area contributed by atoms with E-state index in [9.17, 15) is 19.2 Å². The molecule has 0 radical (unpaired) electrons. The maximum absolute atomic E-state index is 12.5. The Kier molecular flexibility index (Phi) is 6.92. The predicted molar refractivity (Wildman–Crippen MR) is 131 cm³/mol. The van der Waals surface area contributed by atoms with Crippen LogP contribution in [0.25, 0.3) is 0 Å². The molecule has 0 bridgehead atoms. The molecule has 1 fully saturated rings. The van der Waals surface area contributed by atoms with E-state index in [0.717, 1.165) is 16.8 Å². The van der Waals surface area contributed by atoms with Crippen molar-refractivity contribution in [2.24, 2.45) is 0 Å². The maximum atomic E-state index is 12.5. The van der Waals surface area contributed by atoms with Crippen molar-refractivity contribution >= 4 is 51.5 Å². The van der Waals surface area contributed by atoms with E-state index in [1.807, 2.05) is 32.0 Å². The molecule has 2 heterocycles. The Labute approximate surface area is 206 Å². The van der Waals surface area contributed by atoms with Gasteiger partial charge in [0.1, 0.15) is 6.61 Å². The summed E-state index contributed by atoms with van der Waals surface area (Å²) in [5.41, 5.74) is 6.60. The largest absolute Gasteiger partial charge is 0.456 e. The number of aryl methyl sites for hydroxylation is 1. The lowest BCUT2D eigenvalue weighted by molar-refractivity contribution is -0.130. The molecule has 2 aromatic carbocycles. The number of aromatic nitrogens is 1. The summed E-state index contributed by atoms with van der Waals surface area (Å²) in [6.45, 7) is 5.36. The average Bonchev–Trinajstić information content (AvgIpc) is 3.30. The van der Waals surface area contributed by atoms with Crippen LogP contribution in [0.5, 0.6) is 0 Å². The molecule has 0 aliphatic carbocycles. The number of nitrogens with one attached hydrogen (secondary N) is 1. The molecule has 1 aromatic heterocycles. The van der Waals surface area contributed by atoms with Crippen LogP contribution in [-0.4, -0.2) is 28.7 Å². The molecule has 1 aliphatic heterocycles. The minimum atomic E-state index is -0.557. The second kappa shape index (κ2) is 10.1. The number of carbonyl (C=O) groups is 4. The SMILES string of the molecule is CC(=O)N(c1nc(COC(=O)c2ccc(N3NC(=O)CCC3=O)cc2)cs1)c1cccc(C)c1C. The number of hydrogen-bond donors (Lipinski definition) is 1. The van der Waals surface area contributed by atoms with E-state index in [2.05, 4.69) is 10.4 Å². The molecule has 1 saturated heterocycles. The first-order valence-corrected chi connectivity index (χ1v) is 11.8. The summed E-state index contributed by atoms with van der Waals surface area (Å²) in [6.07, 6.45) is 0.294. The summed E-state index contributed by atoms with van der Waals surface area (Å²) >= 11 is 1.29. The Bertz CT molecular complexity index is 1300. The van der Waals surface area contributed by atoms with Crippen molar-refractivity contribution in [3.05, 3.63) is 70.2 Å². The Hall–Kier alpha value is -4.05. The number of hydrazine groups is 1. The summed E-state index contributed by atoms with van der Waals surface area (Å²) in [5, 5.41) is 3.42. The summed E-state index contributed by atoms with van der Waals surface area (Å²) in [6, 6.07) is 11.9. The summed E-state index contributed by atoms with van der Waals surface area (Å²) in [5.74, 6) is -1.19. The van der Waals surface area contributed by atoms with Crippen molar-refractivity contribution in [1.82, 2.24) is 10.4 Å². The van der Waals surface area contributed by atoms with Gasteiger partial charge in [0, 0.05) is 25.1 Å². The van der Waals surface area contributed by atoms with Crippen molar-refractivity contribution in [1.29, 1.82) is 0 Å². The van der Waals surface area contributed by atoms with Gasteiger partial charge in [0.2, 0.25) is 17.7 Å². The highest BCUT2D eigenvalue weighted by Crippen LogP contribution is 2.32. The van der Waals surface area contributed by atoms with Crippen LogP contribution in [0.3, 0.4) is 0 Å². The minimum absolute atomic E-state index is 0.0592. The van der Waals surface area contributed by atoms with Crippen LogP contribution < -0.4 is 15.3 Å². The van der Waals surface area contributed by atoms with Crippen LogP contribution >= 0.6 is 11.3 Å². The van der Waals surface area contributed by atoms with Gasteiger partial charge in [-0.3, -0.25) is 24.7 Å². The number of amides is 3. The summed E-state index contributed by atoms with van der Waals surface area (Å²) < 4.78 is 5.39. The fraction of sp³-hybridized carbons (Fsp3) is 0.240. The zero-order valence-corrected chi connectivity index (χ0v) is 20.3. The molecule has 0 atom stereocenters. The van der Waals surface area contributed by atoms with Gasteiger partial charge in [0.15, 0.2) is 5.13 Å². The van der Waals surface area contributed by atoms with E-state index in [-0.39, 0.29) is 37.2 Å². The highest BCUT2D eigenvalue weighted by molar-refractivity contribution is 7.14. The lowest BCUT2D eigenvalue weighted by Gasteiger charge is -2.27. The smallest absolute Gasteiger partial charge is 0.338 e. The number of anilines is 3. The monoisotopic (exact) mass is 492 g/mol. The number of hydrogen-bond acceptors (Lipinski definition) is 7. The van der Waals surface area contributed by atoms with Gasteiger partial charge in [0.25, 0.3) is 0 Å². The van der Waals surface area contributed by atoms with Crippen LogP contribution in [0.15, 0.2) is 47.8 Å². The molecular formula is C25H24N4O5S. The van der Waals surface area contributed by atoms with E-state index < -0.39 is 5.97 Å². The first-order valence-electron chi connectivity index (χ1n) is 11.0. The topological polar surface area (TPSA) is 109 Å². The summed E-state index contributed by atoms with van der Waals surface area (Å²) in [4.78, 5) is 54.6. The Balaban J connectivity index is 1.42. The van der Waals surface area contributed by atoms with E-state index >= 15 is 0 Å². The van der Waals surface area contributed by atoms with Gasteiger partial charge >= 0.3 is 5.97 Å². The van der Waals surface area contributed by atoms with E-state index in [0.29, 0.717) is 22.1 Å². The van der Waals surface area contributed by atoms with E-state index in [1.165, 1.54) is 35.4 Å². The standard InChI is InChI=1S/C25H24N4O5S/c1-15-5-4-6-21(16(15)2)28(17(3)30)25-26-19(14-35-25)13-34-24(33)18-7-9-20(10-8-18)29-23(32)12-11-22(31)27-29/h4-10,14H,11-13H2,1-3H3,(H,27,31). The third-order valence-corrected chi connectivity index (χ3v) is 6.50. The van der Waals surface area contributed by atoms with Crippen molar-refractivity contribution < 1.29 is 23.9 Å².